The number of aryl methyl sites for hydroxylation is 2. The molecule has 0 amide bonds. The fourth-order valence-corrected chi connectivity index (χ4v) is 3.91. The molecule has 0 fully saturated rings. The molecular formula is C26H28N2O2. The van der Waals surface area contributed by atoms with Crippen LogP contribution in [0.5, 0.6) is 0 Å². The lowest BCUT2D eigenvalue weighted by Crippen LogP contribution is -2.19. The molecule has 1 aliphatic heterocycles. The van der Waals surface area contributed by atoms with E-state index >= 15 is 0 Å². The minimum Gasteiger partial charge on any atom is -0.477 e. The molecule has 3 rings (SSSR count). The number of nitrogens with zero attached hydrogens (tertiary/aromatic N) is 2. The Bertz CT molecular complexity index is 998. The summed E-state index contributed by atoms with van der Waals surface area (Å²) in [5, 5.41) is 17.8. The Kier molecular flexibility index (Phi) is 7.45. The number of benzene rings is 2. The Hall–Kier alpha value is -3.32. The van der Waals surface area contributed by atoms with Crippen molar-refractivity contribution >= 4 is 23.4 Å². The molecule has 1 heterocycles. The van der Waals surface area contributed by atoms with Crippen molar-refractivity contribution in [3.05, 3.63) is 76.9 Å². The highest BCUT2D eigenvalue weighted by Gasteiger charge is 2.20. The highest BCUT2D eigenvalue weighted by Crippen LogP contribution is 2.36. The number of carboxylic acid groups (broad SMARTS) is 1. The van der Waals surface area contributed by atoms with E-state index in [2.05, 4.69) is 54.3 Å². The lowest BCUT2D eigenvalue weighted by Gasteiger charge is -2.27. The standard InChI is InChI=1S/C26H28N2O2/c1-2-3-4-7-17-28-24-12-6-5-10-21(24)14-15-22-18-20(13-16-25(22)28)9-8-11-23(19-27)26(29)30/h5-6,8-13,16,18H,2-4,7,14-15,17H2,1H3,(H,29,30)/b9-8+,23-11-. The van der Waals surface area contributed by atoms with Crippen LogP contribution in [0, 0.1) is 11.3 Å². The van der Waals surface area contributed by atoms with Crippen LogP contribution < -0.4 is 4.90 Å². The molecular weight excluding hydrogens is 372 g/mol. The van der Waals surface area contributed by atoms with Crippen molar-refractivity contribution in [1.82, 2.24) is 0 Å². The number of rotatable bonds is 8. The predicted octanol–water partition coefficient (Wildman–Crippen LogP) is 6.05. The summed E-state index contributed by atoms with van der Waals surface area (Å²) in [4.78, 5) is 13.4. The second kappa shape index (κ2) is 10.5. The van der Waals surface area contributed by atoms with E-state index < -0.39 is 5.97 Å². The largest absolute Gasteiger partial charge is 0.477 e. The Morgan fingerprint density at radius 1 is 1.10 bits per heavy atom. The maximum Gasteiger partial charge on any atom is 0.346 e. The first-order valence-corrected chi connectivity index (χ1v) is 10.6. The Labute approximate surface area is 178 Å². The van der Waals surface area contributed by atoms with Crippen LogP contribution in [0.25, 0.3) is 6.08 Å². The summed E-state index contributed by atoms with van der Waals surface area (Å²) in [6.07, 6.45) is 11.7. The molecule has 0 bridgehead atoms. The lowest BCUT2D eigenvalue weighted by atomic mass is 10.0. The van der Waals surface area contributed by atoms with E-state index in [0.29, 0.717) is 0 Å². The Morgan fingerprint density at radius 3 is 2.63 bits per heavy atom. The Balaban J connectivity index is 1.88. The summed E-state index contributed by atoms with van der Waals surface area (Å²) in [6, 6.07) is 16.8. The highest BCUT2D eigenvalue weighted by molar-refractivity contribution is 5.91. The van der Waals surface area contributed by atoms with E-state index in [1.54, 1.807) is 12.1 Å². The number of hydrogen-bond donors (Lipinski definition) is 1. The first-order chi connectivity index (χ1) is 14.6. The predicted molar refractivity (Wildman–Crippen MR) is 122 cm³/mol. The molecule has 30 heavy (non-hydrogen) atoms. The molecule has 0 aliphatic carbocycles. The van der Waals surface area contributed by atoms with Crippen LogP contribution in [0.15, 0.2) is 60.2 Å². The van der Waals surface area contributed by atoms with Gasteiger partial charge in [0.25, 0.3) is 0 Å². The topological polar surface area (TPSA) is 64.3 Å². The zero-order valence-corrected chi connectivity index (χ0v) is 17.5. The minimum absolute atomic E-state index is 0.269. The quantitative estimate of drug-likeness (QED) is 0.253. The minimum atomic E-state index is -1.21. The molecule has 0 atom stereocenters. The van der Waals surface area contributed by atoms with Gasteiger partial charge in [0, 0.05) is 17.9 Å². The lowest BCUT2D eigenvalue weighted by molar-refractivity contribution is -0.132. The Morgan fingerprint density at radius 2 is 1.87 bits per heavy atom. The molecule has 2 aromatic rings. The first kappa shape index (κ1) is 21.4. The van der Waals surface area contributed by atoms with E-state index in [0.717, 1.165) is 24.9 Å². The number of unbranched alkanes of at least 4 members (excludes halogenated alkanes) is 3. The number of para-hydroxylation sites is 1. The van der Waals surface area contributed by atoms with Crippen LogP contribution in [-0.4, -0.2) is 17.6 Å². The van der Waals surface area contributed by atoms with E-state index in [1.165, 1.54) is 54.3 Å². The molecule has 0 saturated heterocycles. The smallest absolute Gasteiger partial charge is 0.346 e. The van der Waals surface area contributed by atoms with Crippen molar-refractivity contribution in [1.29, 1.82) is 5.26 Å². The van der Waals surface area contributed by atoms with E-state index in [-0.39, 0.29) is 5.57 Å². The third kappa shape index (κ3) is 5.18. The normalized spacial score (nSPS) is 13.5. The van der Waals surface area contributed by atoms with Gasteiger partial charge in [-0.15, -0.1) is 0 Å². The molecule has 0 aromatic heterocycles. The number of allylic oxidation sites excluding steroid dienone is 2. The number of fused-ring (bicyclic) bond motifs is 2. The van der Waals surface area contributed by atoms with Crippen LogP contribution in [0.2, 0.25) is 0 Å². The number of carboxylic acids is 1. The molecule has 1 aliphatic rings. The average molecular weight is 401 g/mol. The highest BCUT2D eigenvalue weighted by atomic mass is 16.4. The van der Waals surface area contributed by atoms with Crippen molar-refractivity contribution in [3.63, 3.8) is 0 Å². The van der Waals surface area contributed by atoms with Gasteiger partial charge in [-0.1, -0.05) is 62.6 Å². The van der Waals surface area contributed by atoms with Crippen molar-refractivity contribution in [2.45, 2.75) is 45.4 Å². The van der Waals surface area contributed by atoms with E-state index in [4.69, 9.17) is 10.4 Å². The van der Waals surface area contributed by atoms with Gasteiger partial charge in [-0.05, 0) is 60.2 Å². The van der Waals surface area contributed by atoms with Gasteiger partial charge in [0.05, 0.1) is 0 Å². The monoisotopic (exact) mass is 400 g/mol. The zero-order valence-electron chi connectivity index (χ0n) is 17.5. The fraction of sp³-hybridized carbons (Fsp3) is 0.308. The van der Waals surface area contributed by atoms with E-state index in [9.17, 15) is 4.79 Å². The number of hydrogen-bond acceptors (Lipinski definition) is 3. The van der Waals surface area contributed by atoms with E-state index in [1.807, 2.05) is 6.08 Å². The second-order valence-corrected chi connectivity index (χ2v) is 7.59. The first-order valence-electron chi connectivity index (χ1n) is 10.6. The zero-order chi connectivity index (χ0) is 21.3. The molecule has 1 N–H and O–H groups in total. The molecule has 154 valence electrons. The van der Waals surface area contributed by atoms with Gasteiger partial charge in [0.2, 0.25) is 0 Å². The van der Waals surface area contributed by atoms with Crippen LogP contribution in [0.1, 0.15) is 49.3 Å². The fourth-order valence-electron chi connectivity index (χ4n) is 3.91. The van der Waals surface area contributed by atoms with Gasteiger partial charge >= 0.3 is 5.97 Å². The molecule has 0 unspecified atom stereocenters. The second-order valence-electron chi connectivity index (χ2n) is 7.59. The number of nitriles is 1. The molecule has 4 heteroatoms. The average Bonchev–Trinajstić information content (AvgIpc) is 2.91. The molecule has 0 spiro atoms. The number of carbonyl (C=O) groups is 1. The van der Waals surface area contributed by atoms with Crippen molar-refractivity contribution < 1.29 is 9.90 Å². The summed E-state index contributed by atoms with van der Waals surface area (Å²) >= 11 is 0. The maximum atomic E-state index is 10.9. The summed E-state index contributed by atoms with van der Waals surface area (Å²) in [5.74, 6) is -1.21. The molecule has 0 radical (unpaired) electrons. The summed E-state index contributed by atoms with van der Waals surface area (Å²) in [6.45, 7) is 3.24. The number of anilines is 2. The SMILES string of the molecule is CCCCCCN1c2ccccc2CCc2cc(/C=C/C=C(/C#N)C(=O)O)ccc21. The third-order valence-corrected chi connectivity index (χ3v) is 5.48. The van der Waals surface area contributed by atoms with Gasteiger partial charge in [-0.2, -0.15) is 5.26 Å². The molecule has 0 saturated carbocycles. The molecule has 2 aromatic carbocycles. The van der Waals surface area contributed by atoms with Gasteiger partial charge < -0.3 is 10.0 Å². The third-order valence-electron chi connectivity index (χ3n) is 5.48. The van der Waals surface area contributed by atoms with Crippen LogP contribution in [0.4, 0.5) is 11.4 Å². The van der Waals surface area contributed by atoms with Gasteiger partial charge in [0.15, 0.2) is 0 Å². The van der Waals surface area contributed by atoms with Crippen LogP contribution >= 0.6 is 0 Å². The maximum absolute atomic E-state index is 10.9. The summed E-state index contributed by atoms with van der Waals surface area (Å²) < 4.78 is 0. The van der Waals surface area contributed by atoms with Crippen LogP contribution in [0.3, 0.4) is 0 Å². The summed E-state index contributed by atoms with van der Waals surface area (Å²) in [5.41, 5.74) is 5.97. The van der Waals surface area contributed by atoms with Gasteiger partial charge in [-0.25, -0.2) is 4.79 Å². The van der Waals surface area contributed by atoms with Gasteiger partial charge in [0.1, 0.15) is 11.6 Å². The van der Waals surface area contributed by atoms with Crippen molar-refractivity contribution in [2.24, 2.45) is 0 Å². The van der Waals surface area contributed by atoms with Crippen LogP contribution in [-0.2, 0) is 17.6 Å². The molecule has 4 nitrogen and oxygen atoms in total. The van der Waals surface area contributed by atoms with Crippen molar-refractivity contribution in [2.75, 3.05) is 11.4 Å². The summed E-state index contributed by atoms with van der Waals surface area (Å²) in [7, 11) is 0. The number of aliphatic carboxylic acids is 1. The van der Waals surface area contributed by atoms with Crippen molar-refractivity contribution in [3.8, 4) is 6.07 Å². The van der Waals surface area contributed by atoms with Gasteiger partial charge in [-0.3, -0.25) is 0 Å².